The average Bonchev–Trinajstić information content (AvgIpc) is 1.95. The van der Waals surface area contributed by atoms with Crippen LogP contribution in [-0.2, 0) is 4.74 Å². The first-order valence-electron chi connectivity index (χ1n) is 6.62. The Bertz CT molecular complexity index is 211. The van der Waals surface area contributed by atoms with Crippen LogP contribution in [0, 0.1) is 5.41 Å². The Kier molecular flexibility index (Phi) is 6.12. The van der Waals surface area contributed by atoms with E-state index in [9.17, 15) is 0 Å². The van der Waals surface area contributed by atoms with Crippen molar-refractivity contribution in [2.75, 3.05) is 68.1 Å². The van der Waals surface area contributed by atoms with E-state index in [1.54, 1.807) is 0 Å². The molecular formula is C14H34N2O+2. The molecule has 0 rings (SSSR count). The van der Waals surface area contributed by atoms with E-state index in [-0.39, 0.29) is 0 Å². The van der Waals surface area contributed by atoms with Crippen molar-refractivity contribution in [3.8, 4) is 0 Å². The van der Waals surface area contributed by atoms with E-state index >= 15 is 0 Å². The largest absolute Gasteiger partial charge is 0.370 e. The third-order valence-electron chi connectivity index (χ3n) is 2.65. The first-order valence-corrected chi connectivity index (χ1v) is 6.62. The number of likely N-dealkylation sites (N-methyl/N-ethyl adjacent to an activating group) is 2. The van der Waals surface area contributed by atoms with Crippen LogP contribution in [-0.4, -0.2) is 77.1 Å². The molecular weight excluding hydrogens is 212 g/mol. The van der Waals surface area contributed by atoms with Crippen LogP contribution in [0.1, 0.15) is 20.8 Å². The van der Waals surface area contributed by atoms with Crippen molar-refractivity contribution < 1.29 is 13.7 Å². The van der Waals surface area contributed by atoms with Gasteiger partial charge in [-0.05, 0) is 0 Å². The number of rotatable bonds is 7. The number of ether oxygens (including phenoxy) is 1. The molecule has 3 heteroatoms. The van der Waals surface area contributed by atoms with E-state index in [2.05, 4.69) is 56.0 Å². The molecule has 104 valence electrons. The lowest BCUT2D eigenvalue weighted by Crippen LogP contribution is -2.47. The van der Waals surface area contributed by atoms with Gasteiger partial charge in [-0.2, -0.15) is 0 Å². The molecule has 0 aromatic heterocycles. The summed E-state index contributed by atoms with van der Waals surface area (Å²) in [4.78, 5) is 0. The van der Waals surface area contributed by atoms with E-state index in [0.717, 1.165) is 35.3 Å². The molecule has 3 nitrogen and oxygen atoms in total. The van der Waals surface area contributed by atoms with Gasteiger partial charge in [-0.15, -0.1) is 0 Å². The van der Waals surface area contributed by atoms with Crippen molar-refractivity contribution in [1.29, 1.82) is 0 Å². The highest BCUT2D eigenvalue weighted by molar-refractivity contribution is 4.59. The fourth-order valence-electron chi connectivity index (χ4n) is 2.12. The molecule has 0 aromatic rings. The maximum Gasteiger partial charge on any atom is 0.102 e. The maximum absolute atomic E-state index is 5.73. The zero-order chi connectivity index (χ0) is 13.7. The van der Waals surface area contributed by atoms with Gasteiger partial charge in [0.25, 0.3) is 0 Å². The third-order valence-corrected chi connectivity index (χ3v) is 2.65. The summed E-state index contributed by atoms with van der Waals surface area (Å²) in [6, 6.07) is 0. The monoisotopic (exact) mass is 246 g/mol. The van der Waals surface area contributed by atoms with Gasteiger partial charge in [0, 0.05) is 5.41 Å². The molecule has 0 fully saturated rings. The highest BCUT2D eigenvalue weighted by Gasteiger charge is 2.24. The molecule has 0 spiro atoms. The summed E-state index contributed by atoms with van der Waals surface area (Å²) in [5, 5.41) is 0. The molecule has 0 bridgehead atoms. The summed E-state index contributed by atoms with van der Waals surface area (Å²) in [7, 11) is 11.2. The summed E-state index contributed by atoms with van der Waals surface area (Å²) in [5.74, 6) is 0. The van der Waals surface area contributed by atoms with E-state index in [1.807, 2.05) is 0 Å². The van der Waals surface area contributed by atoms with Gasteiger partial charge in [0.2, 0.25) is 0 Å². The quantitative estimate of drug-likeness (QED) is 0.492. The Labute approximate surface area is 109 Å². The Balaban J connectivity index is 3.74. The molecule has 0 aliphatic rings. The fraction of sp³-hybridized carbons (Fsp3) is 1.00. The zero-order valence-electron chi connectivity index (χ0n) is 13.3. The molecule has 0 aromatic carbocycles. The van der Waals surface area contributed by atoms with Gasteiger partial charge < -0.3 is 13.7 Å². The highest BCUT2D eigenvalue weighted by Crippen LogP contribution is 2.17. The first-order chi connectivity index (χ1) is 7.41. The Morgan fingerprint density at radius 1 is 0.824 bits per heavy atom. The fourth-order valence-corrected chi connectivity index (χ4v) is 2.12. The topological polar surface area (TPSA) is 9.23 Å². The van der Waals surface area contributed by atoms with Gasteiger partial charge in [0.1, 0.15) is 13.1 Å². The van der Waals surface area contributed by atoms with E-state index in [1.165, 1.54) is 6.54 Å². The normalized spacial score (nSPS) is 14.1. The third kappa shape index (κ3) is 12.1. The van der Waals surface area contributed by atoms with Crippen LogP contribution >= 0.6 is 0 Å². The molecule has 0 amide bonds. The number of hydrogen-bond acceptors (Lipinski definition) is 1. The molecule has 0 heterocycles. The summed E-state index contributed by atoms with van der Waals surface area (Å²) >= 11 is 0. The van der Waals surface area contributed by atoms with Crippen LogP contribution in [0.5, 0.6) is 0 Å². The molecule has 0 aliphatic carbocycles. The summed E-state index contributed by atoms with van der Waals surface area (Å²) in [5.41, 5.74) is 0.381. The predicted molar refractivity (Wildman–Crippen MR) is 75.0 cm³/mol. The van der Waals surface area contributed by atoms with Gasteiger partial charge in [-0.25, -0.2) is 0 Å². The van der Waals surface area contributed by atoms with Crippen LogP contribution in [0.15, 0.2) is 0 Å². The Hall–Kier alpha value is -0.120. The minimum Gasteiger partial charge on any atom is -0.370 e. The summed E-state index contributed by atoms with van der Waals surface area (Å²) in [6.45, 7) is 12.0. The second-order valence-corrected chi connectivity index (χ2v) is 8.00. The van der Waals surface area contributed by atoms with Gasteiger partial charge in [0.15, 0.2) is 0 Å². The molecule has 0 saturated heterocycles. The number of nitrogens with zero attached hydrogens (tertiary/aromatic N) is 2. The lowest BCUT2D eigenvalue weighted by Gasteiger charge is -2.35. The van der Waals surface area contributed by atoms with Crippen molar-refractivity contribution in [2.24, 2.45) is 5.41 Å². The van der Waals surface area contributed by atoms with Crippen molar-refractivity contribution >= 4 is 0 Å². The Morgan fingerprint density at radius 3 is 1.71 bits per heavy atom. The average molecular weight is 246 g/mol. The minimum absolute atomic E-state index is 0.381. The smallest absolute Gasteiger partial charge is 0.102 e. The second kappa shape index (κ2) is 6.17. The first kappa shape index (κ1) is 16.9. The second-order valence-electron chi connectivity index (χ2n) is 8.00. The van der Waals surface area contributed by atoms with Crippen molar-refractivity contribution in [3.63, 3.8) is 0 Å². The van der Waals surface area contributed by atoms with Gasteiger partial charge >= 0.3 is 0 Å². The van der Waals surface area contributed by atoms with Gasteiger partial charge in [-0.1, -0.05) is 20.8 Å². The van der Waals surface area contributed by atoms with Crippen LogP contribution in [0.25, 0.3) is 0 Å². The SMILES string of the molecule is CC(C)(C)C[N+](C)(C)CCOCC[N+](C)(C)C. The van der Waals surface area contributed by atoms with Crippen molar-refractivity contribution in [2.45, 2.75) is 20.8 Å². The van der Waals surface area contributed by atoms with E-state index in [0.29, 0.717) is 5.41 Å². The van der Waals surface area contributed by atoms with E-state index < -0.39 is 0 Å². The van der Waals surface area contributed by atoms with Crippen molar-refractivity contribution in [1.82, 2.24) is 0 Å². The van der Waals surface area contributed by atoms with E-state index in [4.69, 9.17) is 4.74 Å². The standard InChI is InChI=1S/C14H34N2O/c1-14(2,3)13-16(7,8)10-12-17-11-9-15(4,5)6/h9-13H2,1-8H3/q+2. The molecule has 0 N–H and O–H groups in total. The molecule has 0 aliphatic heterocycles. The van der Waals surface area contributed by atoms with Gasteiger partial charge in [-0.3, -0.25) is 0 Å². The molecule has 17 heavy (non-hydrogen) atoms. The highest BCUT2D eigenvalue weighted by atomic mass is 16.5. The summed E-state index contributed by atoms with van der Waals surface area (Å²) < 4.78 is 7.74. The maximum atomic E-state index is 5.73. The van der Waals surface area contributed by atoms with Crippen LogP contribution < -0.4 is 0 Å². The minimum atomic E-state index is 0.381. The lowest BCUT2D eigenvalue weighted by atomic mass is 9.95. The number of quaternary nitrogens is 2. The molecule has 0 saturated carbocycles. The summed E-state index contributed by atoms with van der Waals surface area (Å²) in [6.07, 6.45) is 0. The number of hydrogen-bond donors (Lipinski definition) is 0. The van der Waals surface area contributed by atoms with Gasteiger partial charge in [0.05, 0.1) is 55.0 Å². The van der Waals surface area contributed by atoms with Crippen molar-refractivity contribution in [3.05, 3.63) is 0 Å². The van der Waals surface area contributed by atoms with Crippen LogP contribution in [0.4, 0.5) is 0 Å². The molecule has 0 atom stereocenters. The molecule has 0 radical (unpaired) electrons. The predicted octanol–water partition coefficient (Wildman–Crippen LogP) is 1.83. The molecule has 0 unspecified atom stereocenters. The van der Waals surface area contributed by atoms with Crippen LogP contribution in [0.2, 0.25) is 0 Å². The van der Waals surface area contributed by atoms with Crippen LogP contribution in [0.3, 0.4) is 0 Å². The lowest BCUT2D eigenvalue weighted by molar-refractivity contribution is -0.897. The zero-order valence-corrected chi connectivity index (χ0v) is 13.3. The Morgan fingerprint density at radius 2 is 1.29 bits per heavy atom.